The molecule has 1 N–H and O–H groups in total. The molecule has 0 bridgehead atoms. The molecule has 1 fully saturated rings. The zero-order valence-corrected chi connectivity index (χ0v) is 8.29. The Bertz CT molecular complexity index is 379. The molecule has 74 valence electrons. The lowest BCUT2D eigenvalue weighted by Gasteiger charge is -2.00. The highest BCUT2D eigenvalue weighted by Crippen LogP contribution is 2.30. The fourth-order valence-electron chi connectivity index (χ4n) is 1.21. The molecule has 1 saturated carbocycles. The molecule has 0 aliphatic heterocycles. The summed E-state index contributed by atoms with van der Waals surface area (Å²) < 4.78 is 11.7. The SMILES string of the molecule is O=C(O)c1ccc(S(=O)C2CC2)cc1. The van der Waals surface area contributed by atoms with Crippen molar-refractivity contribution >= 4 is 16.8 Å². The summed E-state index contributed by atoms with van der Waals surface area (Å²) in [5, 5.41) is 8.96. The summed E-state index contributed by atoms with van der Waals surface area (Å²) in [4.78, 5) is 11.3. The van der Waals surface area contributed by atoms with Crippen LogP contribution in [0, 0.1) is 0 Å². The van der Waals surface area contributed by atoms with E-state index in [1.165, 1.54) is 12.1 Å². The Morgan fingerprint density at radius 1 is 1.29 bits per heavy atom. The molecule has 3 nitrogen and oxygen atoms in total. The molecule has 4 heteroatoms. The summed E-state index contributed by atoms with van der Waals surface area (Å²) in [5.41, 5.74) is 0.238. The fourth-order valence-corrected chi connectivity index (χ4v) is 2.56. The van der Waals surface area contributed by atoms with E-state index in [-0.39, 0.29) is 5.56 Å². The second-order valence-corrected chi connectivity index (χ2v) is 5.06. The fraction of sp³-hybridized carbons (Fsp3) is 0.300. The summed E-state index contributed by atoms with van der Waals surface area (Å²) >= 11 is 0. The summed E-state index contributed by atoms with van der Waals surface area (Å²) in [5.74, 6) is -0.950. The minimum atomic E-state index is -0.950. The number of rotatable bonds is 3. The Balaban J connectivity index is 2.20. The van der Waals surface area contributed by atoms with Gasteiger partial charge >= 0.3 is 5.97 Å². The van der Waals surface area contributed by atoms with Crippen LogP contribution in [0.4, 0.5) is 0 Å². The van der Waals surface area contributed by atoms with Crippen molar-refractivity contribution in [3.8, 4) is 0 Å². The van der Waals surface area contributed by atoms with Crippen molar-refractivity contribution in [2.45, 2.75) is 23.0 Å². The maximum atomic E-state index is 11.7. The predicted molar refractivity (Wildman–Crippen MR) is 52.8 cm³/mol. The number of carboxylic acid groups (broad SMARTS) is 1. The first-order chi connectivity index (χ1) is 6.68. The van der Waals surface area contributed by atoms with E-state index in [4.69, 9.17) is 5.11 Å². The third-order valence-electron chi connectivity index (χ3n) is 2.16. The molecule has 0 aromatic heterocycles. The van der Waals surface area contributed by atoms with Gasteiger partial charge in [0.1, 0.15) is 0 Å². The van der Waals surface area contributed by atoms with Gasteiger partial charge in [0.2, 0.25) is 0 Å². The van der Waals surface area contributed by atoms with Gasteiger partial charge in [0.15, 0.2) is 0 Å². The van der Waals surface area contributed by atoms with Crippen molar-refractivity contribution in [2.24, 2.45) is 0 Å². The molecule has 14 heavy (non-hydrogen) atoms. The van der Waals surface area contributed by atoms with E-state index in [1.807, 2.05) is 0 Å². The van der Waals surface area contributed by atoms with Crippen LogP contribution in [-0.2, 0) is 10.8 Å². The number of carboxylic acids is 1. The van der Waals surface area contributed by atoms with Gasteiger partial charge in [-0.3, -0.25) is 4.21 Å². The summed E-state index contributed by atoms with van der Waals surface area (Å²) in [6.45, 7) is 0. The van der Waals surface area contributed by atoms with Gasteiger partial charge in [-0.15, -0.1) is 0 Å². The van der Waals surface area contributed by atoms with Gasteiger partial charge < -0.3 is 5.11 Å². The van der Waals surface area contributed by atoms with E-state index in [9.17, 15) is 9.00 Å². The van der Waals surface area contributed by atoms with Crippen LogP contribution in [0.1, 0.15) is 23.2 Å². The average Bonchev–Trinajstić information content (AvgIpc) is 3.00. The second-order valence-electron chi connectivity index (χ2n) is 3.33. The highest BCUT2D eigenvalue weighted by atomic mass is 32.2. The number of hydrogen-bond donors (Lipinski definition) is 1. The van der Waals surface area contributed by atoms with Crippen LogP contribution >= 0.6 is 0 Å². The van der Waals surface area contributed by atoms with Crippen molar-refractivity contribution in [1.82, 2.24) is 0 Å². The van der Waals surface area contributed by atoms with Crippen LogP contribution in [-0.4, -0.2) is 20.5 Å². The minimum absolute atomic E-state index is 0.238. The Morgan fingerprint density at radius 3 is 2.29 bits per heavy atom. The Labute approximate surface area is 84.2 Å². The van der Waals surface area contributed by atoms with Gasteiger partial charge in [0.25, 0.3) is 0 Å². The standard InChI is InChI=1S/C10H10O3S/c11-10(12)7-1-3-8(4-2-7)14(13)9-5-6-9/h1-4,9H,5-6H2,(H,11,12). The topological polar surface area (TPSA) is 54.4 Å². The van der Waals surface area contributed by atoms with E-state index in [1.54, 1.807) is 12.1 Å². The number of carbonyl (C=O) groups is 1. The lowest BCUT2D eigenvalue weighted by molar-refractivity contribution is 0.0697. The highest BCUT2D eigenvalue weighted by Gasteiger charge is 2.29. The van der Waals surface area contributed by atoms with Crippen molar-refractivity contribution in [2.75, 3.05) is 0 Å². The van der Waals surface area contributed by atoms with Crippen LogP contribution in [0.3, 0.4) is 0 Å². The molecule has 0 heterocycles. The van der Waals surface area contributed by atoms with E-state index < -0.39 is 16.8 Å². The first kappa shape index (κ1) is 9.40. The average molecular weight is 210 g/mol. The second kappa shape index (κ2) is 3.53. The Kier molecular flexibility index (Phi) is 2.37. The van der Waals surface area contributed by atoms with Crippen LogP contribution in [0.15, 0.2) is 29.2 Å². The van der Waals surface area contributed by atoms with Gasteiger partial charge in [0, 0.05) is 10.1 Å². The molecule has 0 spiro atoms. The lowest BCUT2D eigenvalue weighted by atomic mass is 10.2. The van der Waals surface area contributed by atoms with E-state index in [0.29, 0.717) is 5.25 Å². The molecule has 1 atom stereocenters. The molecule has 1 aliphatic carbocycles. The first-order valence-electron chi connectivity index (χ1n) is 4.42. The van der Waals surface area contributed by atoms with Gasteiger partial charge in [0.05, 0.1) is 16.4 Å². The van der Waals surface area contributed by atoms with Gasteiger partial charge in [-0.2, -0.15) is 0 Å². The molecule has 0 saturated heterocycles. The molecule has 2 rings (SSSR count). The molecule has 1 aromatic carbocycles. The lowest BCUT2D eigenvalue weighted by Crippen LogP contribution is -2.00. The first-order valence-corrected chi connectivity index (χ1v) is 5.64. The molecule has 0 radical (unpaired) electrons. The van der Waals surface area contributed by atoms with Gasteiger partial charge in [-0.1, -0.05) is 0 Å². The molecule has 1 aromatic rings. The summed E-state index contributed by atoms with van der Waals surface area (Å²) in [6, 6.07) is 6.27. The molecular formula is C10H10O3S. The maximum absolute atomic E-state index is 11.7. The molecule has 0 amide bonds. The smallest absolute Gasteiger partial charge is 0.335 e. The summed E-state index contributed by atoms with van der Waals surface area (Å²) in [6.07, 6.45) is 2.04. The van der Waals surface area contributed by atoms with E-state index in [2.05, 4.69) is 0 Å². The Hall–Kier alpha value is -1.16. The van der Waals surface area contributed by atoms with E-state index in [0.717, 1.165) is 17.7 Å². The van der Waals surface area contributed by atoms with Crippen LogP contribution in [0.25, 0.3) is 0 Å². The molecule has 1 aliphatic rings. The van der Waals surface area contributed by atoms with Crippen LogP contribution < -0.4 is 0 Å². The van der Waals surface area contributed by atoms with Crippen molar-refractivity contribution in [3.63, 3.8) is 0 Å². The van der Waals surface area contributed by atoms with Crippen LogP contribution in [0.2, 0.25) is 0 Å². The third-order valence-corrected chi connectivity index (χ3v) is 3.97. The van der Waals surface area contributed by atoms with Crippen molar-refractivity contribution in [3.05, 3.63) is 29.8 Å². The largest absolute Gasteiger partial charge is 0.478 e. The van der Waals surface area contributed by atoms with E-state index >= 15 is 0 Å². The predicted octanol–water partition coefficient (Wildman–Crippen LogP) is 1.65. The van der Waals surface area contributed by atoms with Crippen molar-refractivity contribution < 1.29 is 14.1 Å². The maximum Gasteiger partial charge on any atom is 0.335 e. The van der Waals surface area contributed by atoms with Gasteiger partial charge in [-0.05, 0) is 37.1 Å². The zero-order chi connectivity index (χ0) is 10.1. The quantitative estimate of drug-likeness (QED) is 0.825. The number of aromatic carboxylic acids is 1. The van der Waals surface area contributed by atoms with Crippen molar-refractivity contribution in [1.29, 1.82) is 0 Å². The normalized spacial score (nSPS) is 17.7. The molecule has 1 unspecified atom stereocenters. The summed E-state index contributed by atoms with van der Waals surface area (Å²) in [7, 11) is -0.938. The van der Waals surface area contributed by atoms with Crippen LogP contribution in [0.5, 0.6) is 0 Å². The number of benzene rings is 1. The number of hydrogen-bond acceptors (Lipinski definition) is 2. The molecular weight excluding hydrogens is 200 g/mol. The monoisotopic (exact) mass is 210 g/mol. The minimum Gasteiger partial charge on any atom is -0.478 e. The Morgan fingerprint density at radius 2 is 1.86 bits per heavy atom. The van der Waals surface area contributed by atoms with Gasteiger partial charge in [-0.25, -0.2) is 4.79 Å². The third kappa shape index (κ3) is 1.85. The zero-order valence-electron chi connectivity index (χ0n) is 7.47. The highest BCUT2D eigenvalue weighted by molar-refractivity contribution is 7.86.